The topological polar surface area (TPSA) is 83.7 Å². The molecule has 0 spiro atoms. The van der Waals surface area contributed by atoms with Crippen LogP contribution in [0.25, 0.3) is 11.1 Å². The summed E-state index contributed by atoms with van der Waals surface area (Å²) in [7, 11) is 2.78. The Morgan fingerprint density at radius 2 is 1.75 bits per heavy atom. The first-order chi connectivity index (χ1) is 13.2. The third kappa shape index (κ3) is 4.06. The van der Waals surface area contributed by atoms with Gasteiger partial charge in [-0.1, -0.05) is 30.3 Å². The molecule has 1 atom stereocenters. The predicted octanol–water partition coefficient (Wildman–Crippen LogP) is 3.00. The van der Waals surface area contributed by atoms with Gasteiger partial charge in [-0.3, -0.25) is 4.79 Å². The molecular formula is C19H21N3O4S2. The number of hydrogen-bond donors (Lipinski definition) is 0. The molecule has 3 rings (SSSR count). The molecule has 2 aromatic carbocycles. The zero-order valence-electron chi connectivity index (χ0n) is 16.0. The largest absolute Gasteiger partial charge is 0.431 e. The number of benzene rings is 2. The van der Waals surface area contributed by atoms with Crippen molar-refractivity contribution >= 4 is 38.8 Å². The van der Waals surface area contributed by atoms with Crippen LogP contribution >= 0.6 is 11.8 Å². The molecule has 1 unspecified atom stereocenters. The highest BCUT2D eigenvalue weighted by atomic mass is 32.2. The Bertz CT molecular complexity index is 1090. The average Bonchev–Trinajstić information content (AvgIpc) is 3.07. The number of rotatable bonds is 6. The van der Waals surface area contributed by atoms with Crippen molar-refractivity contribution in [3.05, 3.63) is 54.1 Å². The van der Waals surface area contributed by atoms with Crippen LogP contribution in [0.15, 0.2) is 63.1 Å². The summed E-state index contributed by atoms with van der Waals surface area (Å²) in [6.45, 7) is 0. The van der Waals surface area contributed by atoms with Crippen LogP contribution in [0.4, 0.5) is 0 Å². The Labute approximate surface area is 168 Å². The van der Waals surface area contributed by atoms with E-state index in [0.717, 1.165) is 9.87 Å². The summed E-state index contributed by atoms with van der Waals surface area (Å²) in [5.74, 6) is -0.0886. The molecule has 0 saturated carbocycles. The van der Waals surface area contributed by atoms with Crippen LogP contribution < -0.4 is 0 Å². The Balaban J connectivity index is 1.97. The molecule has 0 aliphatic carbocycles. The van der Waals surface area contributed by atoms with Gasteiger partial charge in [0.1, 0.15) is 10.8 Å². The van der Waals surface area contributed by atoms with Gasteiger partial charge in [-0.25, -0.2) is 17.7 Å². The van der Waals surface area contributed by atoms with E-state index in [4.69, 9.17) is 4.42 Å². The number of amides is 1. The van der Waals surface area contributed by atoms with Crippen molar-refractivity contribution in [1.82, 2.24) is 14.2 Å². The molecule has 148 valence electrons. The number of carbonyl (C=O) groups excluding carboxylic acids is 1. The fourth-order valence-electron chi connectivity index (χ4n) is 2.53. The van der Waals surface area contributed by atoms with Crippen LogP contribution in [0.2, 0.25) is 0 Å². The van der Waals surface area contributed by atoms with Crippen LogP contribution in [0.5, 0.6) is 0 Å². The van der Waals surface area contributed by atoms with Gasteiger partial charge in [0.15, 0.2) is 5.58 Å². The lowest BCUT2D eigenvalue weighted by atomic mass is 10.1. The van der Waals surface area contributed by atoms with Crippen molar-refractivity contribution < 1.29 is 17.6 Å². The number of hydrogen-bond acceptors (Lipinski definition) is 6. The minimum atomic E-state index is -3.57. The Morgan fingerprint density at radius 3 is 2.36 bits per heavy atom. The lowest BCUT2D eigenvalue weighted by molar-refractivity contribution is -0.128. The van der Waals surface area contributed by atoms with Gasteiger partial charge < -0.3 is 9.32 Å². The van der Waals surface area contributed by atoms with E-state index in [1.54, 1.807) is 20.2 Å². The third-order valence-electron chi connectivity index (χ3n) is 4.10. The fraction of sp³-hybridized carbons (Fsp3) is 0.263. The maximum atomic E-state index is 12.7. The van der Waals surface area contributed by atoms with Gasteiger partial charge in [0.2, 0.25) is 15.9 Å². The highest BCUT2D eigenvalue weighted by Crippen LogP contribution is 2.37. The minimum absolute atomic E-state index is 0.0886. The monoisotopic (exact) mass is 419 g/mol. The molecule has 0 bridgehead atoms. The van der Waals surface area contributed by atoms with Gasteiger partial charge >= 0.3 is 0 Å². The summed E-state index contributed by atoms with van der Waals surface area (Å²) in [6, 6.07) is 13.9. The second-order valence-electron chi connectivity index (χ2n) is 6.54. The smallest absolute Gasteiger partial charge is 0.257 e. The van der Waals surface area contributed by atoms with Gasteiger partial charge in [-0.2, -0.15) is 0 Å². The second-order valence-corrected chi connectivity index (χ2v) is 9.75. The van der Waals surface area contributed by atoms with Gasteiger partial charge in [0.05, 0.1) is 4.90 Å². The number of nitrogens with zero attached hydrogens (tertiary/aromatic N) is 3. The summed E-state index contributed by atoms with van der Waals surface area (Å²) in [4.78, 5) is 18.7. The molecule has 1 heterocycles. The lowest BCUT2D eigenvalue weighted by Crippen LogP contribution is -2.26. The normalized spacial score (nSPS) is 13.0. The van der Waals surface area contributed by atoms with Gasteiger partial charge in [-0.05, 0) is 35.5 Å². The molecule has 1 aromatic heterocycles. The predicted molar refractivity (Wildman–Crippen MR) is 109 cm³/mol. The molecule has 3 aromatic rings. The maximum absolute atomic E-state index is 12.7. The van der Waals surface area contributed by atoms with Gasteiger partial charge in [0.25, 0.3) is 5.22 Å². The summed E-state index contributed by atoms with van der Waals surface area (Å²) in [6.07, 6.45) is 0. The lowest BCUT2D eigenvalue weighted by Gasteiger charge is -2.19. The molecule has 9 heteroatoms. The van der Waals surface area contributed by atoms with Crippen LogP contribution in [-0.2, 0) is 14.8 Å². The van der Waals surface area contributed by atoms with Crippen molar-refractivity contribution in [2.75, 3.05) is 28.2 Å². The molecule has 0 fully saturated rings. The van der Waals surface area contributed by atoms with Crippen LogP contribution in [0.1, 0.15) is 10.8 Å². The number of carbonyl (C=O) groups is 1. The molecule has 0 N–H and O–H groups in total. The van der Waals surface area contributed by atoms with E-state index >= 15 is 0 Å². The van der Waals surface area contributed by atoms with Gasteiger partial charge in [0, 0.05) is 28.2 Å². The first kappa shape index (κ1) is 20.4. The van der Waals surface area contributed by atoms with Crippen LogP contribution in [0.3, 0.4) is 0 Å². The summed E-state index contributed by atoms with van der Waals surface area (Å²) in [5, 5.41) is -0.215. The summed E-state index contributed by atoms with van der Waals surface area (Å²) in [5.41, 5.74) is 1.73. The fourth-order valence-corrected chi connectivity index (χ4v) is 4.55. The Kier molecular flexibility index (Phi) is 5.78. The first-order valence-electron chi connectivity index (χ1n) is 8.46. The summed E-state index contributed by atoms with van der Waals surface area (Å²) < 4.78 is 31.5. The number of fused-ring (bicyclic) bond motifs is 1. The van der Waals surface area contributed by atoms with E-state index in [2.05, 4.69) is 4.98 Å². The van der Waals surface area contributed by atoms with Gasteiger partial charge in [-0.15, -0.1) is 0 Å². The average molecular weight is 420 g/mol. The number of likely N-dealkylation sites (N-methyl/N-ethyl adjacent to an activating group) is 1. The number of aromatic nitrogens is 1. The van der Waals surface area contributed by atoms with Crippen LogP contribution in [-0.4, -0.2) is 56.7 Å². The number of thioether (sulfide) groups is 1. The molecule has 0 saturated heterocycles. The number of sulfonamides is 1. The minimum Gasteiger partial charge on any atom is -0.431 e. The molecule has 0 radical (unpaired) electrons. The quantitative estimate of drug-likeness (QED) is 0.571. The van der Waals surface area contributed by atoms with E-state index in [0.29, 0.717) is 16.3 Å². The Morgan fingerprint density at radius 1 is 1.07 bits per heavy atom. The third-order valence-corrected chi connectivity index (χ3v) is 7.00. The molecular weight excluding hydrogens is 398 g/mol. The maximum Gasteiger partial charge on any atom is 0.257 e. The molecule has 28 heavy (non-hydrogen) atoms. The van der Waals surface area contributed by atoms with E-state index in [1.807, 2.05) is 30.3 Å². The van der Waals surface area contributed by atoms with Crippen molar-refractivity contribution in [2.45, 2.75) is 15.4 Å². The van der Waals surface area contributed by atoms with Crippen LogP contribution in [0, 0.1) is 0 Å². The van der Waals surface area contributed by atoms with E-state index < -0.39 is 15.3 Å². The molecule has 0 aliphatic heterocycles. The van der Waals surface area contributed by atoms with E-state index in [9.17, 15) is 13.2 Å². The van der Waals surface area contributed by atoms with Crippen molar-refractivity contribution in [2.24, 2.45) is 0 Å². The number of oxazole rings is 1. The van der Waals surface area contributed by atoms with Crippen molar-refractivity contribution in [3.8, 4) is 0 Å². The van der Waals surface area contributed by atoms with Crippen molar-refractivity contribution in [1.29, 1.82) is 0 Å². The SMILES string of the molecule is CN(C)C(=O)C(Sc1nc2cc(S(=O)(=O)N(C)C)ccc2o1)c1ccccc1. The molecule has 1 amide bonds. The first-order valence-corrected chi connectivity index (χ1v) is 10.8. The highest BCUT2D eigenvalue weighted by Gasteiger charge is 2.26. The zero-order chi connectivity index (χ0) is 20.5. The van der Waals surface area contributed by atoms with E-state index in [-0.39, 0.29) is 10.8 Å². The molecule has 7 nitrogen and oxygen atoms in total. The zero-order valence-corrected chi connectivity index (χ0v) is 17.6. The second kappa shape index (κ2) is 7.94. The standard InChI is InChI=1S/C19H21N3O4S2/c1-21(2)18(23)17(13-8-6-5-7-9-13)27-19-20-15-12-14(10-11-16(15)26-19)28(24,25)22(3)4/h5-12,17H,1-4H3. The van der Waals surface area contributed by atoms with Crippen molar-refractivity contribution in [3.63, 3.8) is 0 Å². The highest BCUT2D eigenvalue weighted by molar-refractivity contribution is 8.00. The summed E-state index contributed by atoms with van der Waals surface area (Å²) >= 11 is 1.19. The van der Waals surface area contributed by atoms with E-state index in [1.165, 1.54) is 42.9 Å². The molecule has 0 aliphatic rings. The Hall–Kier alpha value is -2.36.